The Hall–Kier alpha value is -3.76. The first kappa shape index (κ1) is 33.6. The van der Waals surface area contributed by atoms with Gasteiger partial charge in [0.15, 0.2) is 0 Å². The zero-order valence-electron chi connectivity index (χ0n) is 26.8. The van der Waals surface area contributed by atoms with Crippen molar-refractivity contribution in [2.75, 3.05) is 52.9 Å². The van der Waals surface area contributed by atoms with E-state index in [4.69, 9.17) is 28.4 Å². The zero-order chi connectivity index (χ0) is 32.6. The summed E-state index contributed by atoms with van der Waals surface area (Å²) in [4.78, 5) is 50.0. The fourth-order valence-electron chi connectivity index (χ4n) is 5.77. The maximum atomic E-state index is 12.6. The van der Waals surface area contributed by atoms with Gasteiger partial charge in [-0.15, -0.1) is 0 Å². The quantitative estimate of drug-likeness (QED) is 0.189. The van der Waals surface area contributed by atoms with E-state index in [9.17, 15) is 19.2 Å². The average molecular weight is 637 g/mol. The summed E-state index contributed by atoms with van der Waals surface area (Å²) in [6.07, 6.45) is 5.24. The summed E-state index contributed by atoms with van der Waals surface area (Å²) in [5.74, 6) is -1.21. The van der Waals surface area contributed by atoms with Crippen LogP contribution in [-0.4, -0.2) is 76.7 Å². The molecule has 0 bridgehead atoms. The molecular formula is C36H44O10. The van der Waals surface area contributed by atoms with E-state index in [1.165, 1.54) is 0 Å². The number of rotatable bonds is 14. The monoisotopic (exact) mass is 636 g/mol. The van der Waals surface area contributed by atoms with Crippen LogP contribution >= 0.6 is 0 Å². The van der Waals surface area contributed by atoms with E-state index in [0.717, 1.165) is 38.5 Å². The summed E-state index contributed by atoms with van der Waals surface area (Å²) in [6.45, 7) is 7.79. The van der Waals surface area contributed by atoms with Gasteiger partial charge in [0.05, 0.1) is 72.7 Å². The molecule has 3 aliphatic rings. The van der Waals surface area contributed by atoms with Crippen LogP contribution in [0.5, 0.6) is 0 Å². The van der Waals surface area contributed by atoms with Crippen LogP contribution in [0, 0.1) is 22.7 Å². The number of esters is 4. The number of benzene rings is 2. The van der Waals surface area contributed by atoms with E-state index in [-0.39, 0.29) is 22.7 Å². The highest BCUT2D eigenvalue weighted by Crippen LogP contribution is 2.33. The molecule has 2 heterocycles. The van der Waals surface area contributed by atoms with Gasteiger partial charge in [0.1, 0.15) is 13.2 Å². The number of ether oxygens (including phenoxy) is 6. The Morgan fingerprint density at radius 1 is 0.543 bits per heavy atom. The largest absolute Gasteiger partial charge is 0.462 e. The molecule has 0 aromatic heterocycles. The van der Waals surface area contributed by atoms with Gasteiger partial charge < -0.3 is 28.4 Å². The topological polar surface area (TPSA) is 124 Å². The molecule has 0 atom stereocenters. The molecule has 248 valence electrons. The summed E-state index contributed by atoms with van der Waals surface area (Å²) in [5, 5.41) is 0. The molecule has 10 heteroatoms. The SMILES string of the molecule is CCC1(COC(=O)c2ccc(C(=O)OCC3CCC(COC(=O)c4ccc(C(=O)OCC5(CC)COC5)cc4)CC3)cc2)COC1. The second-order valence-electron chi connectivity index (χ2n) is 13.1. The van der Waals surface area contributed by atoms with Gasteiger partial charge in [-0.05, 0) is 98.9 Å². The van der Waals surface area contributed by atoms with Crippen LogP contribution in [0.2, 0.25) is 0 Å². The lowest BCUT2D eigenvalue weighted by Gasteiger charge is -2.39. The second-order valence-corrected chi connectivity index (χ2v) is 13.1. The molecule has 0 spiro atoms. The third kappa shape index (κ3) is 8.33. The van der Waals surface area contributed by atoms with Crippen molar-refractivity contribution < 1.29 is 47.6 Å². The lowest BCUT2D eigenvalue weighted by molar-refractivity contribution is -0.140. The van der Waals surface area contributed by atoms with E-state index in [2.05, 4.69) is 13.8 Å². The third-order valence-electron chi connectivity index (χ3n) is 9.73. The number of hydrogen-bond donors (Lipinski definition) is 0. The van der Waals surface area contributed by atoms with E-state index in [1.807, 2.05) is 0 Å². The lowest BCUT2D eigenvalue weighted by atomic mass is 9.83. The molecule has 1 aliphatic carbocycles. The highest BCUT2D eigenvalue weighted by Gasteiger charge is 2.39. The standard InChI is InChI=1S/C36H44O10/c1-3-35(19-41-20-35)23-45-33(39)29-13-9-27(10-14-29)31(37)43-17-25-5-7-26(8-6-25)18-44-32(38)28-11-15-30(16-12-28)34(40)46-24-36(4-2)21-42-22-36/h9-16,25-26H,3-8,17-24H2,1-2H3. The van der Waals surface area contributed by atoms with E-state index in [1.54, 1.807) is 48.5 Å². The third-order valence-corrected chi connectivity index (χ3v) is 9.73. The van der Waals surface area contributed by atoms with Gasteiger partial charge in [0.2, 0.25) is 0 Å². The van der Waals surface area contributed by atoms with Crippen LogP contribution in [0.3, 0.4) is 0 Å². The molecular weight excluding hydrogens is 592 g/mol. The van der Waals surface area contributed by atoms with Crippen molar-refractivity contribution >= 4 is 23.9 Å². The number of hydrogen-bond acceptors (Lipinski definition) is 10. The predicted molar refractivity (Wildman–Crippen MR) is 167 cm³/mol. The Morgan fingerprint density at radius 2 is 0.826 bits per heavy atom. The highest BCUT2D eigenvalue weighted by molar-refractivity contribution is 5.94. The van der Waals surface area contributed by atoms with Gasteiger partial charge >= 0.3 is 23.9 Å². The van der Waals surface area contributed by atoms with Gasteiger partial charge in [0.25, 0.3) is 0 Å². The molecule has 5 rings (SSSR count). The summed E-state index contributed by atoms with van der Waals surface area (Å²) >= 11 is 0. The fourth-order valence-corrected chi connectivity index (χ4v) is 5.77. The Labute approximate surface area is 270 Å². The van der Waals surface area contributed by atoms with Crippen LogP contribution in [0.25, 0.3) is 0 Å². The Morgan fingerprint density at radius 3 is 1.07 bits per heavy atom. The maximum Gasteiger partial charge on any atom is 0.338 e. The van der Waals surface area contributed by atoms with Crippen molar-refractivity contribution in [1.82, 2.24) is 0 Å². The molecule has 0 amide bonds. The molecule has 2 aromatic carbocycles. The molecule has 3 fully saturated rings. The molecule has 0 unspecified atom stereocenters. The molecule has 1 saturated carbocycles. The number of carbonyl (C=O) groups excluding carboxylic acids is 4. The predicted octanol–water partition coefficient (Wildman–Crippen LogP) is 5.67. The Balaban J connectivity index is 0.968. The van der Waals surface area contributed by atoms with Crippen LogP contribution < -0.4 is 0 Å². The normalized spacial score (nSPS) is 21.2. The van der Waals surface area contributed by atoms with Gasteiger partial charge in [-0.25, -0.2) is 19.2 Å². The first-order valence-corrected chi connectivity index (χ1v) is 16.3. The van der Waals surface area contributed by atoms with Gasteiger partial charge in [-0.2, -0.15) is 0 Å². The minimum atomic E-state index is -0.426. The van der Waals surface area contributed by atoms with Crippen molar-refractivity contribution in [1.29, 1.82) is 0 Å². The summed E-state index contributed by atoms with van der Waals surface area (Å²) in [5.41, 5.74) is 1.37. The van der Waals surface area contributed by atoms with E-state index in [0.29, 0.717) is 75.1 Å². The van der Waals surface area contributed by atoms with Crippen LogP contribution in [-0.2, 0) is 28.4 Å². The highest BCUT2D eigenvalue weighted by atomic mass is 16.6. The minimum Gasteiger partial charge on any atom is -0.462 e. The maximum absolute atomic E-state index is 12.6. The zero-order valence-corrected chi connectivity index (χ0v) is 26.8. The van der Waals surface area contributed by atoms with Crippen molar-refractivity contribution in [2.24, 2.45) is 22.7 Å². The van der Waals surface area contributed by atoms with Crippen molar-refractivity contribution in [3.05, 3.63) is 70.8 Å². The molecule has 2 saturated heterocycles. The Kier molecular flexibility index (Phi) is 11.1. The summed E-state index contributed by atoms with van der Waals surface area (Å²) in [6, 6.07) is 12.7. The smallest absolute Gasteiger partial charge is 0.338 e. The lowest BCUT2D eigenvalue weighted by Crippen LogP contribution is -2.46. The molecule has 0 N–H and O–H groups in total. The molecule has 2 aromatic rings. The second kappa shape index (κ2) is 15.2. The van der Waals surface area contributed by atoms with E-state index < -0.39 is 23.9 Å². The van der Waals surface area contributed by atoms with Crippen LogP contribution in [0.1, 0.15) is 93.8 Å². The van der Waals surface area contributed by atoms with Crippen molar-refractivity contribution in [3.63, 3.8) is 0 Å². The summed E-state index contributed by atoms with van der Waals surface area (Å²) in [7, 11) is 0. The van der Waals surface area contributed by atoms with Crippen molar-refractivity contribution in [2.45, 2.75) is 52.4 Å². The summed E-state index contributed by atoms with van der Waals surface area (Å²) < 4.78 is 32.6. The molecule has 0 radical (unpaired) electrons. The average Bonchev–Trinajstić information content (AvgIpc) is 3.06. The van der Waals surface area contributed by atoms with Crippen LogP contribution in [0.4, 0.5) is 0 Å². The fraction of sp³-hybridized carbons (Fsp3) is 0.556. The first-order valence-electron chi connectivity index (χ1n) is 16.3. The van der Waals surface area contributed by atoms with Crippen molar-refractivity contribution in [3.8, 4) is 0 Å². The van der Waals surface area contributed by atoms with E-state index >= 15 is 0 Å². The van der Waals surface area contributed by atoms with Gasteiger partial charge in [-0.3, -0.25) is 0 Å². The molecule has 2 aliphatic heterocycles. The first-order chi connectivity index (χ1) is 22.2. The number of carbonyl (C=O) groups is 4. The Bertz CT molecular complexity index is 1230. The van der Waals surface area contributed by atoms with Gasteiger partial charge in [0, 0.05) is 0 Å². The molecule has 46 heavy (non-hydrogen) atoms. The minimum absolute atomic E-state index is 0.0836. The molecule has 10 nitrogen and oxygen atoms in total. The van der Waals surface area contributed by atoms with Gasteiger partial charge in [-0.1, -0.05) is 13.8 Å². The van der Waals surface area contributed by atoms with Crippen LogP contribution in [0.15, 0.2) is 48.5 Å².